The molecule has 0 bridgehead atoms. The number of nitrogens with zero attached hydrogens (tertiary/aromatic N) is 5. The van der Waals surface area contributed by atoms with Gasteiger partial charge in [0.25, 0.3) is 0 Å². The maximum atomic E-state index is 13.8. The zero-order valence-electron chi connectivity index (χ0n) is 17.0. The van der Waals surface area contributed by atoms with Gasteiger partial charge in [0.1, 0.15) is 17.5 Å². The zero-order chi connectivity index (χ0) is 22.7. The Morgan fingerprint density at radius 2 is 1.91 bits per heavy atom. The van der Waals surface area contributed by atoms with Gasteiger partial charge in [-0.2, -0.15) is 23.4 Å². The standard InChI is InChI=1S/C22H20F4N6/c23-18-7-6-14(12-17(18)22(24,25)26)20-29-13-16(8-10-27)32(20)19-9-11-28-21(31-19)30-15-4-2-1-3-5-15/h6-7,9,11-13,15H,1-5,8H2,(H,28,30,31). The van der Waals surface area contributed by atoms with Crippen molar-refractivity contribution in [1.29, 1.82) is 5.26 Å². The van der Waals surface area contributed by atoms with E-state index in [0.717, 1.165) is 31.7 Å². The molecule has 0 aliphatic heterocycles. The lowest BCUT2D eigenvalue weighted by Gasteiger charge is -2.23. The van der Waals surface area contributed by atoms with Crippen LogP contribution in [0.15, 0.2) is 36.7 Å². The van der Waals surface area contributed by atoms with Gasteiger partial charge in [-0.05, 0) is 37.1 Å². The highest BCUT2D eigenvalue weighted by atomic mass is 19.4. The van der Waals surface area contributed by atoms with E-state index in [1.165, 1.54) is 23.3 Å². The molecule has 0 spiro atoms. The minimum absolute atomic E-state index is 0.0320. The van der Waals surface area contributed by atoms with Gasteiger partial charge in [0.15, 0.2) is 0 Å². The molecule has 1 saturated carbocycles. The van der Waals surface area contributed by atoms with Crippen LogP contribution in [-0.4, -0.2) is 25.6 Å². The first-order valence-electron chi connectivity index (χ1n) is 10.3. The molecule has 4 rings (SSSR count). The first-order valence-corrected chi connectivity index (χ1v) is 10.3. The lowest BCUT2D eigenvalue weighted by atomic mass is 9.96. The molecule has 10 heteroatoms. The van der Waals surface area contributed by atoms with E-state index in [4.69, 9.17) is 0 Å². The fraction of sp³-hybridized carbons (Fsp3) is 0.364. The van der Waals surface area contributed by atoms with E-state index in [-0.39, 0.29) is 23.9 Å². The van der Waals surface area contributed by atoms with Crippen molar-refractivity contribution in [3.05, 3.63) is 53.7 Å². The summed E-state index contributed by atoms with van der Waals surface area (Å²) in [7, 11) is 0. The number of halogens is 4. The Balaban J connectivity index is 1.76. The number of nitriles is 1. The minimum atomic E-state index is -4.85. The Hall–Kier alpha value is -3.48. The van der Waals surface area contributed by atoms with Crippen LogP contribution in [0.2, 0.25) is 0 Å². The third-order valence-electron chi connectivity index (χ3n) is 5.43. The van der Waals surface area contributed by atoms with Crippen molar-refractivity contribution in [1.82, 2.24) is 19.5 Å². The van der Waals surface area contributed by atoms with Crippen LogP contribution in [0.5, 0.6) is 0 Å². The number of alkyl halides is 3. The SMILES string of the molecule is N#CCc1cnc(-c2ccc(F)c(C(F)(F)F)c2)n1-c1ccnc(NC2CCCCC2)n1. The van der Waals surface area contributed by atoms with Crippen molar-refractivity contribution < 1.29 is 17.6 Å². The molecule has 2 heterocycles. The van der Waals surface area contributed by atoms with E-state index >= 15 is 0 Å². The fourth-order valence-corrected chi connectivity index (χ4v) is 3.91. The molecule has 2 aromatic heterocycles. The highest BCUT2D eigenvalue weighted by molar-refractivity contribution is 5.61. The van der Waals surface area contributed by atoms with Crippen LogP contribution in [-0.2, 0) is 12.6 Å². The number of aromatic nitrogens is 4. The topological polar surface area (TPSA) is 79.4 Å². The molecule has 3 aromatic rings. The van der Waals surface area contributed by atoms with Crippen LogP contribution < -0.4 is 5.32 Å². The number of nitrogens with one attached hydrogen (secondary N) is 1. The molecule has 1 fully saturated rings. The van der Waals surface area contributed by atoms with Crippen molar-refractivity contribution in [3.8, 4) is 23.3 Å². The first-order chi connectivity index (χ1) is 15.4. The lowest BCUT2D eigenvalue weighted by Crippen LogP contribution is -2.23. The molecule has 0 amide bonds. The highest BCUT2D eigenvalue weighted by Gasteiger charge is 2.34. The quantitative estimate of drug-likeness (QED) is 0.541. The van der Waals surface area contributed by atoms with Crippen molar-refractivity contribution in [3.63, 3.8) is 0 Å². The van der Waals surface area contributed by atoms with Crippen LogP contribution in [0.25, 0.3) is 17.2 Å². The summed E-state index contributed by atoms with van der Waals surface area (Å²) in [5, 5.41) is 12.5. The van der Waals surface area contributed by atoms with Gasteiger partial charge in [-0.1, -0.05) is 19.3 Å². The van der Waals surface area contributed by atoms with E-state index in [0.29, 0.717) is 23.5 Å². The molecule has 166 valence electrons. The van der Waals surface area contributed by atoms with Gasteiger partial charge in [0.05, 0.1) is 29.9 Å². The van der Waals surface area contributed by atoms with Crippen LogP contribution in [0.1, 0.15) is 43.4 Å². The van der Waals surface area contributed by atoms with Gasteiger partial charge in [0.2, 0.25) is 5.95 Å². The van der Waals surface area contributed by atoms with Crippen molar-refractivity contribution >= 4 is 5.95 Å². The zero-order valence-corrected chi connectivity index (χ0v) is 17.0. The second kappa shape index (κ2) is 8.94. The van der Waals surface area contributed by atoms with Gasteiger partial charge < -0.3 is 5.32 Å². The van der Waals surface area contributed by atoms with Crippen molar-refractivity contribution in [2.45, 2.75) is 50.7 Å². The molecule has 1 aliphatic carbocycles. The second-order valence-corrected chi connectivity index (χ2v) is 7.65. The number of hydrogen-bond acceptors (Lipinski definition) is 5. The summed E-state index contributed by atoms with van der Waals surface area (Å²) in [5.41, 5.74) is -0.875. The molecule has 0 saturated heterocycles. The number of rotatable bonds is 5. The summed E-state index contributed by atoms with van der Waals surface area (Å²) in [6.07, 6.45) is 3.55. The molecular weight excluding hydrogens is 424 g/mol. The van der Waals surface area contributed by atoms with Crippen molar-refractivity contribution in [2.75, 3.05) is 5.32 Å². The van der Waals surface area contributed by atoms with Gasteiger partial charge in [0, 0.05) is 17.8 Å². The Bertz CT molecular complexity index is 1140. The van der Waals surface area contributed by atoms with E-state index in [2.05, 4.69) is 20.3 Å². The third kappa shape index (κ3) is 4.56. The molecule has 6 nitrogen and oxygen atoms in total. The van der Waals surface area contributed by atoms with Crippen molar-refractivity contribution in [2.24, 2.45) is 0 Å². The lowest BCUT2D eigenvalue weighted by molar-refractivity contribution is -0.139. The number of anilines is 1. The Morgan fingerprint density at radius 1 is 1.12 bits per heavy atom. The summed E-state index contributed by atoms with van der Waals surface area (Å²) >= 11 is 0. The first kappa shape index (κ1) is 21.7. The third-order valence-corrected chi connectivity index (χ3v) is 5.43. The molecule has 1 N–H and O–H groups in total. The number of benzene rings is 1. The number of imidazole rings is 1. The molecule has 32 heavy (non-hydrogen) atoms. The number of hydrogen-bond donors (Lipinski definition) is 1. The molecule has 1 aromatic carbocycles. The summed E-state index contributed by atoms with van der Waals surface area (Å²) in [6, 6.07) is 6.57. The van der Waals surface area contributed by atoms with Crippen LogP contribution in [0.3, 0.4) is 0 Å². The van der Waals surface area contributed by atoms with Gasteiger partial charge >= 0.3 is 6.18 Å². The van der Waals surface area contributed by atoms with E-state index in [1.807, 2.05) is 6.07 Å². The van der Waals surface area contributed by atoms with E-state index < -0.39 is 17.6 Å². The second-order valence-electron chi connectivity index (χ2n) is 7.65. The fourth-order valence-electron chi connectivity index (χ4n) is 3.91. The van der Waals surface area contributed by atoms with E-state index in [9.17, 15) is 22.8 Å². The molecule has 0 atom stereocenters. The average Bonchev–Trinajstić information content (AvgIpc) is 3.18. The summed E-state index contributed by atoms with van der Waals surface area (Å²) in [5.74, 6) is -0.485. The Kier molecular flexibility index (Phi) is 6.08. The van der Waals surface area contributed by atoms with Crippen LogP contribution in [0, 0.1) is 17.1 Å². The summed E-state index contributed by atoms with van der Waals surface area (Å²) in [4.78, 5) is 13.0. The highest BCUT2D eigenvalue weighted by Crippen LogP contribution is 2.35. The molecule has 1 aliphatic rings. The maximum Gasteiger partial charge on any atom is 0.419 e. The largest absolute Gasteiger partial charge is 0.419 e. The Morgan fingerprint density at radius 3 is 2.62 bits per heavy atom. The normalized spacial score (nSPS) is 14.8. The minimum Gasteiger partial charge on any atom is -0.351 e. The van der Waals surface area contributed by atoms with Gasteiger partial charge in [-0.25, -0.2) is 14.4 Å². The van der Waals surface area contributed by atoms with Crippen LogP contribution >= 0.6 is 0 Å². The molecular formula is C22H20F4N6. The van der Waals surface area contributed by atoms with Gasteiger partial charge in [-0.15, -0.1) is 0 Å². The smallest absolute Gasteiger partial charge is 0.351 e. The summed E-state index contributed by atoms with van der Waals surface area (Å²) < 4.78 is 55.0. The molecule has 0 unspecified atom stereocenters. The maximum absolute atomic E-state index is 13.8. The summed E-state index contributed by atoms with van der Waals surface area (Å²) in [6.45, 7) is 0. The van der Waals surface area contributed by atoms with Gasteiger partial charge in [-0.3, -0.25) is 4.57 Å². The molecule has 0 radical (unpaired) electrons. The predicted octanol–water partition coefficient (Wildman–Crippen LogP) is 5.30. The Labute approximate surface area is 182 Å². The average molecular weight is 444 g/mol. The van der Waals surface area contributed by atoms with Crippen LogP contribution in [0.4, 0.5) is 23.5 Å². The monoisotopic (exact) mass is 444 g/mol. The predicted molar refractivity (Wildman–Crippen MR) is 109 cm³/mol. The van der Waals surface area contributed by atoms with E-state index in [1.54, 1.807) is 12.3 Å².